The second-order valence-corrected chi connectivity index (χ2v) is 7.32. The van der Waals surface area contributed by atoms with E-state index in [1.807, 2.05) is 24.3 Å². The summed E-state index contributed by atoms with van der Waals surface area (Å²) in [6.07, 6.45) is 2.30. The first-order valence-electron chi connectivity index (χ1n) is 7.58. The quantitative estimate of drug-likeness (QED) is 0.681. The molecule has 0 bridgehead atoms. The fraction of sp³-hybridized carbons (Fsp3) is 0.333. The molecule has 2 aromatic carbocycles. The summed E-state index contributed by atoms with van der Waals surface area (Å²) in [7, 11) is 0. The number of aliphatic hydroxyl groups is 2. The summed E-state index contributed by atoms with van der Waals surface area (Å²) in [5.74, 6) is 0. The summed E-state index contributed by atoms with van der Waals surface area (Å²) in [4.78, 5) is 2.28. The highest BCUT2D eigenvalue weighted by atomic mass is 35.5. The summed E-state index contributed by atoms with van der Waals surface area (Å²) in [6.45, 7) is -0.391. The zero-order chi connectivity index (χ0) is 16.7. The van der Waals surface area contributed by atoms with Gasteiger partial charge in [0.2, 0.25) is 0 Å². The summed E-state index contributed by atoms with van der Waals surface area (Å²) in [5.41, 5.74) is 6.22. The zero-order valence-corrected chi connectivity index (χ0v) is 14.5. The maximum Gasteiger partial charge on any atom is 0.0633 e. The van der Waals surface area contributed by atoms with E-state index in [1.165, 1.54) is 5.56 Å². The Morgan fingerprint density at radius 3 is 2.30 bits per heavy atom. The van der Waals surface area contributed by atoms with Gasteiger partial charge in [-0.1, -0.05) is 41.6 Å². The van der Waals surface area contributed by atoms with Gasteiger partial charge in [0.15, 0.2) is 0 Å². The van der Waals surface area contributed by atoms with E-state index >= 15 is 0 Å². The van der Waals surface area contributed by atoms with E-state index in [0.29, 0.717) is 6.42 Å². The van der Waals surface area contributed by atoms with Gasteiger partial charge in [-0.2, -0.15) is 0 Å². The van der Waals surface area contributed by atoms with E-state index in [9.17, 15) is 10.2 Å². The summed E-state index contributed by atoms with van der Waals surface area (Å²) in [5, 5.41) is 19.1. The molecule has 124 valence electrons. The van der Waals surface area contributed by atoms with Gasteiger partial charge in [0.05, 0.1) is 18.8 Å². The second kappa shape index (κ2) is 8.71. The van der Waals surface area contributed by atoms with Crippen LogP contribution in [0, 0.1) is 0 Å². The first-order chi connectivity index (χ1) is 11.0. The van der Waals surface area contributed by atoms with Crippen molar-refractivity contribution in [3.05, 3.63) is 59.1 Å². The molecule has 4 N–H and O–H groups in total. The van der Waals surface area contributed by atoms with Crippen LogP contribution < -0.4 is 5.73 Å². The van der Waals surface area contributed by atoms with Gasteiger partial charge in [-0.3, -0.25) is 0 Å². The topological polar surface area (TPSA) is 66.5 Å². The van der Waals surface area contributed by atoms with Crippen molar-refractivity contribution in [3.8, 4) is 0 Å². The molecule has 0 amide bonds. The highest BCUT2D eigenvalue weighted by Gasteiger charge is 2.22. The molecule has 2 rings (SSSR count). The van der Waals surface area contributed by atoms with Gasteiger partial charge in [-0.25, -0.2) is 0 Å². The number of hydrogen-bond donors (Lipinski definition) is 3. The maximum atomic E-state index is 9.18. The van der Waals surface area contributed by atoms with Gasteiger partial charge in [0.25, 0.3) is 0 Å². The van der Waals surface area contributed by atoms with Crippen LogP contribution in [0.2, 0.25) is 5.02 Å². The zero-order valence-electron chi connectivity index (χ0n) is 12.9. The number of halogens is 1. The van der Waals surface area contributed by atoms with Crippen molar-refractivity contribution in [3.63, 3.8) is 0 Å². The Balaban J connectivity index is 1.87. The fourth-order valence-corrected chi connectivity index (χ4v) is 3.38. The van der Waals surface area contributed by atoms with Crippen LogP contribution in [0.3, 0.4) is 0 Å². The predicted octanol–water partition coefficient (Wildman–Crippen LogP) is 3.50. The Hall–Kier alpha value is -1.04. The SMILES string of the molecule is NC(CO)(CO)CCCc1ccc(Sc2cccc(Cl)c2)cc1. The number of benzene rings is 2. The summed E-state index contributed by atoms with van der Waals surface area (Å²) >= 11 is 7.67. The Morgan fingerprint density at radius 2 is 1.70 bits per heavy atom. The Bertz CT molecular complexity index is 615. The van der Waals surface area contributed by atoms with Gasteiger partial charge in [-0.05, 0) is 55.2 Å². The number of nitrogens with two attached hydrogens (primary N) is 1. The maximum absolute atomic E-state index is 9.18. The lowest BCUT2D eigenvalue weighted by molar-refractivity contribution is 0.113. The third kappa shape index (κ3) is 5.83. The normalized spacial score (nSPS) is 11.7. The van der Waals surface area contributed by atoms with Gasteiger partial charge in [0, 0.05) is 14.8 Å². The number of rotatable bonds is 8. The van der Waals surface area contributed by atoms with Crippen LogP contribution in [0.15, 0.2) is 58.3 Å². The average Bonchev–Trinajstić information content (AvgIpc) is 2.56. The van der Waals surface area contributed by atoms with Crippen molar-refractivity contribution in [1.82, 2.24) is 0 Å². The van der Waals surface area contributed by atoms with Crippen molar-refractivity contribution in [2.45, 2.75) is 34.6 Å². The molecule has 0 fully saturated rings. The molecule has 0 aliphatic carbocycles. The molecular weight excluding hydrogens is 330 g/mol. The minimum atomic E-state index is -0.873. The lowest BCUT2D eigenvalue weighted by Gasteiger charge is -2.24. The van der Waals surface area contributed by atoms with Crippen molar-refractivity contribution in [2.75, 3.05) is 13.2 Å². The van der Waals surface area contributed by atoms with Crippen LogP contribution in [0.5, 0.6) is 0 Å². The van der Waals surface area contributed by atoms with Gasteiger partial charge < -0.3 is 15.9 Å². The monoisotopic (exact) mass is 351 g/mol. The average molecular weight is 352 g/mol. The molecule has 0 aromatic heterocycles. The largest absolute Gasteiger partial charge is 0.394 e. The lowest BCUT2D eigenvalue weighted by atomic mass is 9.94. The van der Waals surface area contributed by atoms with Crippen LogP contribution >= 0.6 is 23.4 Å². The minimum Gasteiger partial charge on any atom is -0.394 e. The molecule has 2 aromatic rings. The third-order valence-electron chi connectivity index (χ3n) is 3.73. The van der Waals surface area contributed by atoms with E-state index in [4.69, 9.17) is 17.3 Å². The van der Waals surface area contributed by atoms with E-state index in [1.54, 1.807) is 11.8 Å². The van der Waals surface area contributed by atoms with Gasteiger partial charge in [0.1, 0.15) is 0 Å². The molecule has 0 radical (unpaired) electrons. The molecule has 23 heavy (non-hydrogen) atoms. The van der Waals surface area contributed by atoms with Crippen molar-refractivity contribution >= 4 is 23.4 Å². The Kier molecular flexibility index (Phi) is 6.93. The molecule has 0 unspecified atom stereocenters. The first-order valence-corrected chi connectivity index (χ1v) is 8.77. The van der Waals surface area contributed by atoms with Crippen LogP contribution in [-0.2, 0) is 6.42 Å². The third-order valence-corrected chi connectivity index (χ3v) is 4.96. The van der Waals surface area contributed by atoms with E-state index in [0.717, 1.165) is 27.7 Å². The van der Waals surface area contributed by atoms with Crippen LogP contribution in [-0.4, -0.2) is 29.0 Å². The predicted molar refractivity (Wildman–Crippen MR) is 96.0 cm³/mol. The molecule has 3 nitrogen and oxygen atoms in total. The molecule has 0 saturated heterocycles. The molecule has 5 heteroatoms. The van der Waals surface area contributed by atoms with E-state index in [-0.39, 0.29) is 13.2 Å². The van der Waals surface area contributed by atoms with Gasteiger partial charge in [-0.15, -0.1) is 0 Å². The molecule has 0 spiro atoms. The van der Waals surface area contributed by atoms with E-state index < -0.39 is 5.54 Å². The van der Waals surface area contributed by atoms with Crippen molar-refractivity contribution < 1.29 is 10.2 Å². The van der Waals surface area contributed by atoms with Crippen molar-refractivity contribution in [1.29, 1.82) is 0 Å². The number of hydrogen-bond acceptors (Lipinski definition) is 4. The molecule has 0 atom stereocenters. The summed E-state index contributed by atoms with van der Waals surface area (Å²) in [6, 6.07) is 16.2. The minimum absolute atomic E-state index is 0.196. The lowest BCUT2D eigenvalue weighted by Crippen LogP contribution is -2.47. The molecule has 0 heterocycles. The molecule has 0 aliphatic rings. The van der Waals surface area contributed by atoms with Crippen LogP contribution in [0.4, 0.5) is 0 Å². The number of aliphatic hydroxyl groups excluding tert-OH is 2. The molecule has 0 aliphatic heterocycles. The highest BCUT2D eigenvalue weighted by Crippen LogP contribution is 2.29. The van der Waals surface area contributed by atoms with Crippen molar-refractivity contribution in [2.24, 2.45) is 5.73 Å². The number of aryl methyl sites for hydroxylation is 1. The smallest absolute Gasteiger partial charge is 0.0633 e. The fourth-order valence-electron chi connectivity index (χ4n) is 2.24. The van der Waals surface area contributed by atoms with Crippen LogP contribution in [0.1, 0.15) is 18.4 Å². The Morgan fingerprint density at radius 1 is 1.00 bits per heavy atom. The Labute approximate surface area is 146 Å². The molecule has 0 saturated carbocycles. The highest BCUT2D eigenvalue weighted by molar-refractivity contribution is 7.99. The van der Waals surface area contributed by atoms with E-state index in [2.05, 4.69) is 24.3 Å². The molecular formula is C18H22ClNO2S. The second-order valence-electron chi connectivity index (χ2n) is 5.74. The van der Waals surface area contributed by atoms with Crippen LogP contribution in [0.25, 0.3) is 0 Å². The first kappa shape index (κ1) is 18.3. The standard InChI is InChI=1S/C18H22ClNO2S/c19-15-4-1-5-17(11-15)23-16-8-6-14(7-9-16)3-2-10-18(20,12-21)13-22/h1,4-9,11,21-22H,2-3,10,12-13,20H2. The summed E-state index contributed by atoms with van der Waals surface area (Å²) < 4.78 is 0. The van der Waals surface area contributed by atoms with Gasteiger partial charge >= 0.3 is 0 Å².